The van der Waals surface area contributed by atoms with Crippen LogP contribution < -0.4 is 5.32 Å². The number of hydrogen-bond acceptors (Lipinski definition) is 2. The SMILES string of the molecule is CCCNC(CCC(C)(C)OC)c1ccc(C)c(C)c1. The Morgan fingerprint density at radius 3 is 2.45 bits per heavy atom. The van der Waals surface area contributed by atoms with E-state index in [0.717, 1.165) is 25.8 Å². The highest BCUT2D eigenvalue weighted by Gasteiger charge is 2.20. The molecule has 0 heterocycles. The van der Waals surface area contributed by atoms with Gasteiger partial charge in [0, 0.05) is 13.2 Å². The quantitative estimate of drug-likeness (QED) is 0.752. The maximum atomic E-state index is 5.54. The summed E-state index contributed by atoms with van der Waals surface area (Å²) in [5, 5.41) is 3.67. The monoisotopic (exact) mass is 277 g/mol. The maximum absolute atomic E-state index is 5.54. The Kier molecular flexibility index (Phi) is 6.70. The molecule has 1 atom stereocenters. The number of nitrogens with one attached hydrogen (secondary N) is 1. The molecule has 0 aliphatic heterocycles. The minimum atomic E-state index is -0.0497. The van der Waals surface area contributed by atoms with Crippen molar-refractivity contribution >= 4 is 0 Å². The Morgan fingerprint density at radius 2 is 1.90 bits per heavy atom. The average molecular weight is 277 g/mol. The molecule has 1 unspecified atom stereocenters. The maximum Gasteiger partial charge on any atom is 0.0623 e. The molecule has 2 heteroatoms. The van der Waals surface area contributed by atoms with E-state index >= 15 is 0 Å². The lowest BCUT2D eigenvalue weighted by atomic mass is 9.93. The van der Waals surface area contributed by atoms with E-state index in [1.165, 1.54) is 16.7 Å². The van der Waals surface area contributed by atoms with Crippen LogP contribution in [0, 0.1) is 13.8 Å². The molecule has 0 fully saturated rings. The topological polar surface area (TPSA) is 21.3 Å². The Balaban J connectivity index is 2.79. The van der Waals surface area contributed by atoms with Crippen LogP contribution in [0.5, 0.6) is 0 Å². The molecule has 1 aromatic rings. The summed E-state index contributed by atoms with van der Waals surface area (Å²) in [5.74, 6) is 0. The predicted octanol–water partition coefficient (Wildman–Crippen LogP) is 4.55. The van der Waals surface area contributed by atoms with Crippen LogP contribution in [-0.2, 0) is 4.74 Å². The fraction of sp³-hybridized carbons (Fsp3) is 0.667. The fourth-order valence-electron chi connectivity index (χ4n) is 2.28. The van der Waals surface area contributed by atoms with Crippen molar-refractivity contribution in [2.24, 2.45) is 0 Å². The molecular weight excluding hydrogens is 246 g/mol. The van der Waals surface area contributed by atoms with Gasteiger partial charge in [-0.1, -0.05) is 25.1 Å². The van der Waals surface area contributed by atoms with E-state index in [-0.39, 0.29) is 5.60 Å². The zero-order valence-electron chi connectivity index (χ0n) is 14.0. The van der Waals surface area contributed by atoms with Crippen molar-refractivity contribution < 1.29 is 4.74 Å². The summed E-state index contributed by atoms with van der Waals surface area (Å²) < 4.78 is 5.54. The summed E-state index contributed by atoms with van der Waals surface area (Å²) in [6, 6.07) is 7.23. The Bertz CT molecular complexity index is 412. The van der Waals surface area contributed by atoms with Crippen molar-refractivity contribution in [3.63, 3.8) is 0 Å². The summed E-state index contributed by atoms with van der Waals surface area (Å²) in [6.07, 6.45) is 3.32. The molecule has 0 aliphatic carbocycles. The Morgan fingerprint density at radius 1 is 1.20 bits per heavy atom. The minimum absolute atomic E-state index is 0.0497. The van der Waals surface area contributed by atoms with Crippen LogP contribution in [0.15, 0.2) is 18.2 Å². The second-order valence-electron chi connectivity index (χ2n) is 6.35. The van der Waals surface area contributed by atoms with Crippen molar-refractivity contribution in [1.82, 2.24) is 5.32 Å². The zero-order chi connectivity index (χ0) is 15.2. The average Bonchev–Trinajstić information content (AvgIpc) is 2.42. The first-order valence-electron chi connectivity index (χ1n) is 7.75. The number of methoxy groups -OCH3 is 1. The van der Waals surface area contributed by atoms with E-state index in [1.807, 2.05) is 0 Å². The fourth-order valence-corrected chi connectivity index (χ4v) is 2.28. The van der Waals surface area contributed by atoms with Crippen molar-refractivity contribution in [2.45, 2.75) is 65.5 Å². The Hall–Kier alpha value is -0.860. The smallest absolute Gasteiger partial charge is 0.0623 e. The molecule has 1 aromatic carbocycles. The second kappa shape index (κ2) is 7.80. The van der Waals surface area contributed by atoms with Crippen LogP contribution >= 0.6 is 0 Å². The molecule has 20 heavy (non-hydrogen) atoms. The van der Waals surface area contributed by atoms with Crippen LogP contribution in [0.4, 0.5) is 0 Å². The van der Waals surface area contributed by atoms with Gasteiger partial charge in [-0.05, 0) is 70.2 Å². The van der Waals surface area contributed by atoms with E-state index in [4.69, 9.17) is 4.74 Å². The molecule has 0 radical (unpaired) electrons. The normalized spacial score (nSPS) is 13.5. The molecule has 0 aromatic heterocycles. The molecule has 1 N–H and O–H groups in total. The predicted molar refractivity (Wildman–Crippen MR) is 87.3 cm³/mol. The van der Waals surface area contributed by atoms with Gasteiger partial charge in [0.05, 0.1) is 5.60 Å². The largest absolute Gasteiger partial charge is 0.379 e. The molecule has 114 valence electrons. The van der Waals surface area contributed by atoms with Gasteiger partial charge in [0.2, 0.25) is 0 Å². The highest BCUT2D eigenvalue weighted by Crippen LogP contribution is 2.26. The van der Waals surface area contributed by atoms with E-state index in [1.54, 1.807) is 7.11 Å². The van der Waals surface area contributed by atoms with Crippen LogP contribution in [0.3, 0.4) is 0 Å². The molecule has 0 spiro atoms. The van der Waals surface area contributed by atoms with Crippen molar-refractivity contribution in [3.05, 3.63) is 34.9 Å². The molecule has 0 bridgehead atoms. The zero-order valence-corrected chi connectivity index (χ0v) is 14.0. The first-order valence-corrected chi connectivity index (χ1v) is 7.75. The summed E-state index contributed by atoms with van der Waals surface area (Å²) >= 11 is 0. The lowest BCUT2D eigenvalue weighted by Gasteiger charge is -2.27. The highest BCUT2D eigenvalue weighted by atomic mass is 16.5. The second-order valence-corrected chi connectivity index (χ2v) is 6.35. The van der Waals surface area contributed by atoms with Gasteiger partial charge in [-0.3, -0.25) is 0 Å². The highest BCUT2D eigenvalue weighted by molar-refractivity contribution is 5.31. The summed E-state index contributed by atoms with van der Waals surface area (Å²) in [5.41, 5.74) is 4.08. The van der Waals surface area contributed by atoms with E-state index in [0.29, 0.717) is 6.04 Å². The molecular formula is C18H31NO. The molecule has 0 amide bonds. The van der Waals surface area contributed by atoms with Crippen LogP contribution in [0.1, 0.15) is 62.8 Å². The first-order chi connectivity index (χ1) is 9.39. The van der Waals surface area contributed by atoms with E-state index in [2.05, 4.69) is 58.1 Å². The van der Waals surface area contributed by atoms with Gasteiger partial charge < -0.3 is 10.1 Å². The van der Waals surface area contributed by atoms with Gasteiger partial charge in [0.15, 0.2) is 0 Å². The van der Waals surface area contributed by atoms with Crippen molar-refractivity contribution in [2.75, 3.05) is 13.7 Å². The van der Waals surface area contributed by atoms with Crippen molar-refractivity contribution in [1.29, 1.82) is 0 Å². The Labute approximate surface area is 124 Å². The van der Waals surface area contributed by atoms with Crippen LogP contribution in [0.25, 0.3) is 0 Å². The number of hydrogen-bond donors (Lipinski definition) is 1. The van der Waals surface area contributed by atoms with Crippen molar-refractivity contribution in [3.8, 4) is 0 Å². The minimum Gasteiger partial charge on any atom is -0.379 e. The summed E-state index contributed by atoms with van der Waals surface area (Å²) in [7, 11) is 1.80. The van der Waals surface area contributed by atoms with Gasteiger partial charge in [0.25, 0.3) is 0 Å². The van der Waals surface area contributed by atoms with Gasteiger partial charge >= 0.3 is 0 Å². The molecule has 0 saturated carbocycles. The third-order valence-corrected chi connectivity index (χ3v) is 4.16. The van der Waals surface area contributed by atoms with Gasteiger partial charge in [-0.15, -0.1) is 0 Å². The number of ether oxygens (including phenoxy) is 1. The van der Waals surface area contributed by atoms with E-state index < -0.39 is 0 Å². The van der Waals surface area contributed by atoms with Crippen LogP contribution in [0.2, 0.25) is 0 Å². The molecule has 2 nitrogen and oxygen atoms in total. The van der Waals surface area contributed by atoms with Gasteiger partial charge in [-0.25, -0.2) is 0 Å². The number of benzene rings is 1. The number of aryl methyl sites for hydroxylation is 2. The molecule has 0 aliphatic rings. The standard InChI is InChI=1S/C18H31NO/c1-7-12-19-17(10-11-18(4,5)20-6)16-9-8-14(2)15(3)13-16/h8-9,13,17,19H,7,10-12H2,1-6H3. The first kappa shape index (κ1) is 17.2. The third-order valence-electron chi connectivity index (χ3n) is 4.16. The third kappa shape index (κ3) is 5.26. The van der Waals surface area contributed by atoms with Crippen LogP contribution in [-0.4, -0.2) is 19.3 Å². The van der Waals surface area contributed by atoms with E-state index in [9.17, 15) is 0 Å². The molecule has 1 rings (SSSR count). The summed E-state index contributed by atoms with van der Waals surface area (Å²) in [6.45, 7) is 11.9. The summed E-state index contributed by atoms with van der Waals surface area (Å²) in [4.78, 5) is 0. The lowest BCUT2D eigenvalue weighted by Crippen LogP contribution is -2.28. The van der Waals surface area contributed by atoms with Gasteiger partial charge in [0.1, 0.15) is 0 Å². The lowest BCUT2D eigenvalue weighted by molar-refractivity contribution is 0.0117. The van der Waals surface area contributed by atoms with Gasteiger partial charge in [-0.2, -0.15) is 0 Å². The number of rotatable bonds is 8. The molecule has 0 saturated heterocycles.